The molecule has 1 aromatic rings. The SMILES string of the molecule is COc1c(Cl)cc2c(c1C#N)CCCC2. The Kier molecular flexibility index (Phi) is 2.83. The normalized spacial score (nSPS) is 14.2. The first-order valence-electron chi connectivity index (χ1n) is 5.06. The van der Waals surface area contributed by atoms with E-state index in [1.165, 1.54) is 12.0 Å². The summed E-state index contributed by atoms with van der Waals surface area (Å²) in [5.41, 5.74) is 2.97. The second-order valence-corrected chi connectivity index (χ2v) is 4.13. The molecule has 0 amide bonds. The summed E-state index contributed by atoms with van der Waals surface area (Å²) in [5, 5.41) is 9.69. The highest BCUT2D eigenvalue weighted by Crippen LogP contribution is 2.36. The molecule has 15 heavy (non-hydrogen) atoms. The van der Waals surface area contributed by atoms with Gasteiger partial charge in [-0.15, -0.1) is 0 Å². The van der Waals surface area contributed by atoms with E-state index in [2.05, 4.69) is 6.07 Å². The van der Waals surface area contributed by atoms with Crippen molar-refractivity contribution in [3.8, 4) is 11.8 Å². The quantitative estimate of drug-likeness (QED) is 0.730. The van der Waals surface area contributed by atoms with Gasteiger partial charge in [0.05, 0.1) is 17.7 Å². The number of hydrogen-bond acceptors (Lipinski definition) is 2. The Hall–Kier alpha value is -1.20. The number of hydrogen-bond donors (Lipinski definition) is 0. The molecule has 0 saturated heterocycles. The fraction of sp³-hybridized carbons (Fsp3) is 0.417. The lowest BCUT2D eigenvalue weighted by Crippen LogP contribution is -2.06. The maximum Gasteiger partial charge on any atom is 0.155 e. The molecule has 0 saturated carbocycles. The van der Waals surface area contributed by atoms with Gasteiger partial charge in [-0.2, -0.15) is 5.26 Å². The Morgan fingerprint density at radius 2 is 2.13 bits per heavy atom. The first-order valence-corrected chi connectivity index (χ1v) is 5.44. The molecule has 0 spiro atoms. The summed E-state index contributed by atoms with van der Waals surface area (Å²) in [5.74, 6) is 0.528. The fourth-order valence-corrected chi connectivity index (χ4v) is 2.47. The molecule has 0 atom stereocenters. The van der Waals surface area contributed by atoms with Crippen LogP contribution < -0.4 is 4.74 Å². The lowest BCUT2D eigenvalue weighted by molar-refractivity contribution is 0.412. The predicted molar refractivity (Wildman–Crippen MR) is 59.4 cm³/mol. The van der Waals surface area contributed by atoms with Crippen molar-refractivity contribution in [3.63, 3.8) is 0 Å². The highest BCUT2D eigenvalue weighted by Gasteiger charge is 2.19. The van der Waals surface area contributed by atoms with Crippen molar-refractivity contribution in [1.82, 2.24) is 0 Å². The summed E-state index contributed by atoms with van der Waals surface area (Å²) in [4.78, 5) is 0. The molecule has 2 rings (SSSR count). The molecule has 1 aliphatic rings. The summed E-state index contributed by atoms with van der Waals surface area (Å²) in [6, 6.07) is 4.15. The van der Waals surface area contributed by atoms with E-state index in [-0.39, 0.29) is 0 Å². The maximum absolute atomic E-state index is 9.14. The molecule has 0 unspecified atom stereocenters. The van der Waals surface area contributed by atoms with Crippen molar-refractivity contribution >= 4 is 11.6 Å². The second-order valence-electron chi connectivity index (χ2n) is 3.72. The van der Waals surface area contributed by atoms with Crippen molar-refractivity contribution < 1.29 is 4.74 Å². The lowest BCUT2D eigenvalue weighted by atomic mass is 9.88. The molecule has 2 nitrogen and oxygen atoms in total. The number of aryl methyl sites for hydroxylation is 1. The van der Waals surface area contributed by atoms with E-state index in [1.807, 2.05) is 6.07 Å². The van der Waals surface area contributed by atoms with Gasteiger partial charge in [0.2, 0.25) is 0 Å². The molecule has 0 aliphatic heterocycles. The van der Waals surface area contributed by atoms with Gasteiger partial charge < -0.3 is 4.74 Å². The highest BCUT2D eigenvalue weighted by molar-refractivity contribution is 6.32. The molecule has 1 aromatic carbocycles. The van der Waals surface area contributed by atoms with E-state index in [0.29, 0.717) is 16.3 Å². The standard InChI is InChI=1S/C12H12ClNO/c1-15-12-10(7-14)9-5-3-2-4-8(9)6-11(12)13/h6H,2-5H2,1H3. The fourth-order valence-electron chi connectivity index (χ4n) is 2.17. The minimum atomic E-state index is 0.528. The minimum Gasteiger partial charge on any atom is -0.494 e. The number of fused-ring (bicyclic) bond motifs is 1. The van der Waals surface area contributed by atoms with Crippen LogP contribution in [0.25, 0.3) is 0 Å². The topological polar surface area (TPSA) is 33.0 Å². The summed E-state index contributed by atoms with van der Waals surface area (Å²) < 4.78 is 5.18. The number of nitrogens with zero attached hydrogens (tertiary/aromatic N) is 1. The Balaban J connectivity index is 2.66. The van der Waals surface area contributed by atoms with Gasteiger partial charge in [-0.05, 0) is 42.9 Å². The lowest BCUT2D eigenvalue weighted by Gasteiger charge is -2.19. The average molecular weight is 222 g/mol. The Morgan fingerprint density at radius 1 is 1.40 bits per heavy atom. The Labute approximate surface area is 94.4 Å². The van der Waals surface area contributed by atoms with E-state index in [0.717, 1.165) is 24.8 Å². The molecule has 0 aromatic heterocycles. The van der Waals surface area contributed by atoms with Crippen molar-refractivity contribution in [3.05, 3.63) is 27.8 Å². The van der Waals surface area contributed by atoms with Gasteiger partial charge in [-0.1, -0.05) is 11.6 Å². The van der Waals surface area contributed by atoms with Crippen LogP contribution in [-0.4, -0.2) is 7.11 Å². The molecule has 0 radical (unpaired) electrons. The van der Waals surface area contributed by atoms with Gasteiger partial charge in [-0.3, -0.25) is 0 Å². The summed E-state index contributed by atoms with van der Waals surface area (Å²) >= 11 is 6.07. The first-order chi connectivity index (χ1) is 7.27. The number of benzene rings is 1. The van der Waals surface area contributed by atoms with Crippen LogP contribution in [0.15, 0.2) is 6.07 Å². The van der Waals surface area contributed by atoms with E-state index in [4.69, 9.17) is 21.6 Å². The molecule has 78 valence electrons. The smallest absolute Gasteiger partial charge is 0.155 e. The van der Waals surface area contributed by atoms with E-state index >= 15 is 0 Å². The Bertz CT molecular complexity index is 434. The van der Waals surface area contributed by atoms with Gasteiger partial charge in [0.1, 0.15) is 6.07 Å². The largest absolute Gasteiger partial charge is 0.494 e. The zero-order valence-electron chi connectivity index (χ0n) is 8.64. The van der Waals surface area contributed by atoms with Gasteiger partial charge in [0.25, 0.3) is 0 Å². The Morgan fingerprint density at radius 3 is 2.80 bits per heavy atom. The molecule has 0 N–H and O–H groups in total. The zero-order chi connectivity index (χ0) is 10.8. The van der Waals surface area contributed by atoms with E-state index in [9.17, 15) is 0 Å². The molecule has 0 fully saturated rings. The summed E-state index contributed by atoms with van der Waals surface area (Å²) in [6.45, 7) is 0. The van der Waals surface area contributed by atoms with Crippen molar-refractivity contribution in [2.45, 2.75) is 25.7 Å². The van der Waals surface area contributed by atoms with E-state index in [1.54, 1.807) is 7.11 Å². The third-order valence-corrected chi connectivity index (χ3v) is 3.15. The molecule has 0 heterocycles. The van der Waals surface area contributed by atoms with Gasteiger partial charge in [0, 0.05) is 0 Å². The van der Waals surface area contributed by atoms with Crippen LogP contribution in [-0.2, 0) is 12.8 Å². The van der Waals surface area contributed by atoms with Crippen molar-refractivity contribution in [1.29, 1.82) is 5.26 Å². The first kappa shape index (κ1) is 10.3. The number of nitriles is 1. The maximum atomic E-state index is 9.14. The highest BCUT2D eigenvalue weighted by atomic mass is 35.5. The molecule has 1 aliphatic carbocycles. The average Bonchev–Trinajstić information content (AvgIpc) is 2.27. The van der Waals surface area contributed by atoms with Crippen molar-refractivity contribution in [2.24, 2.45) is 0 Å². The van der Waals surface area contributed by atoms with Crippen LogP contribution >= 0.6 is 11.6 Å². The number of rotatable bonds is 1. The molecular formula is C12H12ClNO. The van der Waals surface area contributed by atoms with Crippen LogP contribution in [0, 0.1) is 11.3 Å². The molecule has 0 bridgehead atoms. The molecular weight excluding hydrogens is 210 g/mol. The summed E-state index contributed by atoms with van der Waals surface area (Å²) in [7, 11) is 1.55. The number of methoxy groups -OCH3 is 1. The summed E-state index contributed by atoms with van der Waals surface area (Å²) in [6.07, 6.45) is 4.31. The number of halogens is 1. The monoisotopic (exact) mass is 221 g/mol. The molecule has 3 heteroatoms. The van der Waals surface area contributed by atoms with E-state index < -0.39 is 0 Å². The van der Waals surface area contributed by atoms with Gasteiger partial charge in [0.15, 0.2) is 5.75 Å². The van der Waals surface area contributed by atoms with Crippen LogP contribution in [0.3, 0.4) is 0 Å². The van der Waals surface area contributed by atoms with Crippen molar-refractivity contribution in [2.75, 3.05) is 7.11 Å². The number of ether oxygens (including phenoxy) is 1. The zero-order valence-corrected chi connectivity index (χ0v) is 9.40. The van der Waals surface area contributed by atoms with Gasteiger partial charge >= 0.3 is 0 Å². The second kappa shape index (κ2) is 4.12. The van der Waals surface area contributed by atoms with Crippen LogP contribution in [0.2, 0.25) is 5.02 Å². The predicted octanol–water partition coefficient (Wildman–Crippen LogP) is 3.10. The third-order valence-electron chi connectivity index (χ3n) is 2.87. The van der Waals surface area contributed by atoms with Crippen LogP contribution in [0.5, 0.6) is 5.75 Å². The third kappa shape index (κ3) is 1.68. The minimum absolute atomic E-state index is 0.528. The van der Waals surface area contributed by atoms with Crippen LogP contribution in [0.1, 0.15) is 29.5 Å². The van der Waals surface area contributed by atoms with Crippen LogP contribution in [0.4, 0.5) is 0 Å². The van der Waals surface area contributed by atoms with Gasteiger partial charge in [-0.25, -0.2) is 0 Å².